The summed E-state index contributed by atoms with van der Waals surface area (Å²) in [7, 11) is 0. The first-order valence-electron chi connectivity index (χ1n) is 6.94. The molecule has 1 N–H and O–H groups in total. The predicted molar refractivity (Wildman–Crippen MR) is 94.3 cm³/mol. The molecule has 0 spiro atoms. The van der Waals surface area contributed by atoms with Gasteiger partial charge in [-0.25, -0.2) is 0 Å². The first-order chi connectivity index (χ1) is 11.4. The molecule has 2 rings (SSSR count). The number of hydrogen-bond donors (Lipinski definition) is 1. The van der Waals surface area contributed by atoms with E-state index in [0.717, 1.165) is 0 Å². The third kappa shape index (κ3) is 4.25. The molecular formula is C17H13Cl2N3O2. The molecule has 122 valence electrons. The largest absolute Gasteiger partial charge is 0.323 e. The van der Waals surface area contributed by atoms with Crippen LogP contribution in [0.4, 0.5) is 11.4 Å². The maximum absolute atomic E-state index is 12.2. The molecule has 0 unspecified atom stereocenters. The van der Waals surface area contributed by atoms with E-state index in [-0.39, 0.29) is 17.5 Å². The Morgan fingerprint density at radius 2 is 1.83 bits per heavy atom. The van der Waals surface area contributed by atoms with Crippen LogP contribution in [-0.4, -0.2) is 18.4 Å². The number of nitriles is 1. The minimum atomic E-state index is -0.418. The predicted octanol–water partition coefficient (Wildman–Crippen LogP) is 3.86. The highest BCUT2D eigenvalue weighted by atomic mass is 35.5. The van der Waals surface area contributed by atoms with Gasteiger partial charge in [-0.2, -0.15) is 5.26 Å². The molecule has 0 radical (unpaired) electrons. The van der Waals surface area contributed by atoms with Crippen molar-refractivity contribution < 1.29 is 9.59 Å². The molecule has 0 aliphatic carbocycles. The van der Waals surface area contributed by atoms with Crippen LogP contribution in [0.1, 0.15) is 12.5 Å². The number of carbonyl (C=O) groups excluding carboxylic acids is 2. The van der Waals surface area contributed by atoms with Gasteiger partial charge in [0.2, 0.25) is 11.8 Å². The highest BCUT2D eigenvalue weighted by Crippen LogP contribution is 2.29. The summed E-state index contributed by atoms with van der Waals surface area (Å²) in [6.07, 6.45) is 0. The normalized spacial score (nSPS) is 9.92. The fourth-order valence-electron chi connectivity index (χ4n) is 2.03. The van der Waals surface area contributed by atoms with Crippen molar-refractivity contribution >= 4 is 46.4 Å². The van der Waals surface area contributed by atoms with Crippen LogP contribution < -0.4 is 10.2 Å². The number of carbonyl (C=O) groups is 2. The lowest BCUT2D eigenvalue weighted by Crippen LogP contribution is -2.36. The van der Waals surface area contributed by atoms with Gasteiger partial charge in [-0.1, -0.05) is 29.3 Å². The molecular weight excluding hydrogens is 349 g/mol. The number of rotatable bonds is 4. The van der Waals surface area contributed by atoms with Crippen LogP contribution in [0.2, 0.25) is 10.0 Å². The topological polar surface area (TPSA) is 73.2 Å². The quantitative estimate of drug-likeness (QED) is 0.898. The number of nitrogens with zero attached hydrogens (tertiary/aromatic N) is 2. The number of benzene rings is 2. The van der Waals surface area contributed by atoms with Crippen LogP contribution in [0.3, 0.4) is 0 Å². The average Bonchev–Trinajstić information content (AvgIpc) is 2.57. The van der Waals surface area contributed by atoms with Crippen molar-refractivity contribution in [3.8, 4) is 6.07 Å². The van der Waals surface area contributed by atoms with E-state index in [2.05, 4.69) is 5.32 Å². The maximum Gasteiger partial charge on any atom is 0.244 e. The monoisotopic (exact) mass is 361 g/mol. The SMILES string of the molecule is CC(=O)N(CC(=O)Nc1cccc(Cl)c1Cl)c1ccc(C#N)cc1. The molecule has 2 aromatic carbocycles. The van der Waals surface area contributed by atoms with Crippen molar-refractivity contribution in [3.05, 3.63) is 58.1 Å². The third-order valence-corrected chi connectivity index (χ3v) is 4.03. The van der Waals surface area contributed by atoms with Crippen LogP contribution in [-0.2, 0) is 9.59 Å². The summed E-state index contributed by atoms with van der Waals surface area (Å²) in [5, 5.41) is 12.0. The molecule has 0 atom stereocenters. The van der Waals surface area contributed by atoms with Gasteiger partial charge in [-0.15, -0.1) is 0 Å². The van der Waals surface area contributed by atoms with E-state index in [1.807, 2.05) is 6.07 Å². The zero-order valence-corrected chi connectivity index (χ0v) is 14.2. The summed E-state index contributed by atoms with van der Waals surface area (Å²) in [6.45, 7) is 1.17. The Balaban J connectivity index is 2.15. The number of hydrogen-bond acceptors (Lipinski definition) is 3. The van der Waals surface area contributed by atoms with Crippen molar-refractivity contribution in [2.24, 2.45) is 0 Å². The van der Waals surface area contributed by atoms with Crippen molar-refractivity contribution in [2.45, 2.75) is 6.92 Å². The zero-order chi connectivity index (χ0) is 17.7. The number of anilines is 2. The molecule has 0 fully saturated rings. The Hall–Kier alpha value is -2.55. The van der Waals surface area contributed by atoms with Crippen LogP contribution in [0, 0.1) is 11.3 Å². The van der Waals surface area contributed by atoms with Gasteiger partial charge >= 0.3 is 0 Å². The molecule has 2 amide bonds. The summed E-state index contributed by atoms with van der Waals surface area (Å²) in [4.78, 5) is 25.4. The van der Waals surface area contributed by atoms with E-state index in [1.165, 1.54) is 11.8 Å². The van der Waals surface area contributed by atoms with E-state index in [4.69, 9.17) is 28.5 Å². The van der Waals surface area contributed by atoms with Gasteiger partial charge in [0.15, 0.2) is 0 Å². The highest BCUT2D eigenvalue weighted by Gasteiger charge is 2.17. The Morgan fingerprint density at radius 1 is 1.17 bits per heavy atom. The molecule has 0 saturated carbocycles. The lowest BCUT2D eigenvalue weighted by Gasteiger charge is -2.21. The van der Waals surface area contributed by atoms with Crippen LogP contribution in [0.15, 0.2) is 42.5 Å². The molecule has 0 aromatic heterocycles. The van der Waals surface area contributed by atoms with Gasteiger partial charge in [-0.05, 0) is 36.4 Å². The maximum atomic E-state index is 12.2. The summed E-state index contributed by atoms with van der Waals surface area (Å²) in [5.74, 6) is -0.717. The molecule has 0 bridgehead atoms. The molecule has 0 aliphatic heterocycles. The lowest BCUT2D eigenvalue weighted by molar-refractivity contribution is -0.120. The highest BCUT2D eigenvalue weighted by molar-refractivity contribution is 6.44. The van der Waals surface area contributed by atoms with Crippen molar-refractivity contribution in [1.29, 1.82) is 5.26 Å². The second-order valence-corrected chi connectivity index (χ2v) is 5.70. The number of nitrogens with one attached hydrogen (secondary N) is 1. The van der Waals surface area contributed by atoms with Crippen LogP contribution in [0.25, 0.3) is 0 Å². The second kappa shape index (κ2) is 7.82. The summed E-state index contributed by atoms with van der Waals surface area (Å²) in [6, 6.07) is 13.3. The minimum absolute atomic E-state index is 0.190. The Kier molecular flexibility index (Phi) is 5.80. The smallest absolute Gasteiger partial charge is 0.244 e. The Morgan fingerprint density at radius 3 is 2.42 bits per heavy atom. The van der Waals surface area contributed by atoms with Gasteiger partial charge < -0.3 is 10.2 Å². The van der Waals surface area contributed by atoms with Crippen molar-refractivity contribution in [3.63, 3.8) is 0 Å². The van der Waals surface area contributed by atoms with E-state index in [9.17, 15) is 9.59 Å². The molecule has 5 nitrogen and oxygen atoms in total. The Bertz CT molecular complexity index is 814. The minimum Gasteiger partial charge on any atom is -0.323 e. The zero-order valence-electron chi connectivity index (χ0n) is 12.7. The summed E-state index contributed by atoms with van der Waals surface area (Å²) < 4.78 is 0. The Labute approximate surface area is 149 Å². The van der Waals surface area contributed by atoms with Crippen LogP contribution >= 0.6 is 23.2 Å². The van der Waals surface area contributed by atoms with E-state index < -0.39 is 5.91 Å². The fourth-order valence-corrected chi connectivity index (χ4v) is 2.38. The first kappa shape index (κ1) is 17.8. The molecule has 7 heteroatoms. The summed E-state index contributed by atoms with van der Waals surface area (Å²) in [5.41, 5.74) is 1.36. The average molecular weight is 362 g/mol. The molecule has 0 saturated heterocycles. The van der Waals surface area contributed by atoms with Gasteiger partial charge in [0.05, 0.1) is 27.4 Å². The van der Waals surface area contributed by atoms with Crippen LogP contribution in [0.5, 0.6) is 0 Å². The standard InChI is InChI=1S/C17H13Cl2N3O2/c1-11(23)22(13-7-5-12(9-20)6-8-13)10-16(24)21-15-4-2-3-14(18)17(15)19/h2-8H,10H2,1H3,(H,21,24). The van der Waals surface area contributed by atoms with E-state index in [0.29, 0.717) is 22.0 Å². The second-order valence-electron chi connectivity index (χ2n) is 4.91. The first-order valence-corrected chi connectivity index (χ1v) is 7.70. The molecule has 0 aliphatic rings. The van der Waals surface area contributed by atoms with Crippen molar-refractivity contribution in [2.75, 3.05) is 16.8 Å². The fraction of sp³-hybridized carbons (Fsp3) is 0.118. The summed E-state index contributed by atoms with van der Waals surface area (Å²) >= 11 is 11.9. The van der Waals surface area contributed by atoms with Gasteiger partial charge in [-0.3, -0.25) is 9.59 Å². The number of amides is 2. The van der Waals surface area contributed by atoms with Gasteiger partial charge in [0.1, 0.15) is 6.54 Å². The molecule has 0 heterocycles. The van der Waals surface area contributed by atoms with Gasteiger partial charge in [0, 0.05) is 12.6 Å². The third-order valence-electron chi connectivity index (χ3n) is 3.22. The van der Waals surface area contributed by atoms with E-state index in [1.54, 1.807) is 42.5 Å². The van der Waals surface area contributed by atoms with Crippen molar-refractivity contribution in [1.82, 2.24) is 0 Å². The number of halogens is 2. The molecule has 2 aromatic rings. The molecule has 24 heavy (non-hydrogen) atoms. The van der Waals surface area contributed by atoms with Gasteiger partial charge in [0.25, 0.3) is 0 Å². The lowest BCUT2D eigenvalue weighted by atomic mass is 10.2. The van der Waals surface area contributed by atoms with E-state index >= 15 is 0 Å².